The molecule has 23 heavy (non-hydrogen) atoms. The van der Waals surface area contributed by atoms with Crippen molar-refractivity contribution in [3.05, 3.63) is 66.2 Å². The number of fused-ring (bicyclic) bond motifs is 1. The Bertz CT molecular complexity index is 790. The Kier molecular flexibility index (Phi) is 4.79. The highest BCUT2D eigenvalue weighted by Crippen LogP contribution is 2.34. The van der Waals surface area contributed by atoms with Gasteiger partial charge in [-0.1, -0.05) is 60.2 Å². The summed E-state index contributed by atoms with van der Waals surface area (Å²) in [5.41, 5.74) is 3.47. The highest BCUT2D eigenvalue weighted by atomic mass is 16.5. The van der Waals surface area contributed by atoms with Gasteiger partial charge in [0.1, 0.15) is 19.3 Å². The Morgan fingerprint density at radius 1 is 1.00 bits per heavy atom. The van der Waals surface area contributed by atoms with Crippen molar-refractivity contribution in [1.29, 1.82) is 0 Å². The molecule has 2 heteroatoms. The van der Waals surface area contributed by atoms with Gasteiger partial charge in [0.05, 0.1) is 0 Å². The molecule has 0 saturated heterocycles. The average Bonchev–Trinajstić information content (AvgIpc) is 2.62. The second-order valence-electron chi connectivity index (χ2n) is 5.09. The topological polar surface area (TPSA) is 12.5 Å². The van der Waals surface area contributed by atoms with E-state index in [4.69, 9.17) is 11.2 Å². The fourth-order valence-electron chi connectivity index (χ4n) is 2.59. The van der Waals surface area contributed by atoms with E-state index in [0.717, 1.165) is 11.4 Å². The van der Waals surface area contributed by atoms with Crippen LogP contribution >= 0.6 is 0 Å². The summed E-state index contributed by atoms with van der Waals surface area (Å²) in [4.78, 5) is 2.24. The quantitative estimate of drug-likeness (QED) is 0.630. The number of anilines is 2. The van der Waals surface area contributed by atoms with Crippen LogP contribution in [0, 0.1) is 24.2 Å². The van der Waals surface area contributed by atoms with Crippen LogP contribution in [0.1, 0.15) is 5.56 Å². The molecule has 0 radical (unpaired) electrons. The summed E-state index contributed by atoms with van der Waals surface area (Å²) in [5, 5.41) is 0. The molecule has 0 saturated carbocycles. The predicted molar refractivity (Wildman–Crippen MR) is 95.3 cm³/mol. The van der Waals surface area contributed by atoms with Crippen LogP contribution < -0.4 is 4.90 Å². The molecule has 1 unspecified atom stereocenters. The van der Waals surface area contributed by atoms with Crippen LogP contribution in [-0.2, 0) is 4.74 Å². The monoisotopic (exact) mass is 299 g/mol. The van der Waals surface area contributed by atoms with Crippen LogP contribution in [0.25, 0.3) is 6.08 Å². The third-order valence-electron chi connectivity index (χ3n) is 3.58. The van der Waals surface area contributed by atoms with Crippen LogP contribution in [0.3, 0.4) is 0 Å². The van der Waals surface area contributed by atoms with E-state index in [9.17, 15) is 0 Å². The zero-order valence-corrected chi connectivity index (χ0v) is 12.8. The standard InChI is InChI=1S/C21H17NO/c1-2-16-23-17-8-12-20-15-14-18-9-6-7-13-21(18)22(20)19-10-4-3-5-11-19/h1,3-7,9-11,13-15,20H,16-17H2. The van der Waals surface area contributed by atoms with Crippen LogP contribution in [0.5, 0.6) is 0 Å². The van der Waals surface area contributed by atoms with Gasteiger partial charge >= 0.3 is 0 Å². The second kappa shape index (κ2) is 7.36. The van der Waals surface area contributed by atoms with E-state index in [1.807, 2.05) is 24.3 Å². The maximum absolute atomic E-state index is 5.23. The maximum atomic E-state index is 5.23. The molecule has 0 amide bonds. The number of nitrogens with zero attached hydrogens (tertiary/aromatic N) is 1. The molecule has 0 spiro atoms. The molecule has 1 aliphatic rings. The molecule has 2 aromatic carbocycles. The van der Waals surface area contributed by atoms with E-state index in [1.165, 1.54) is 5.56 Å². The van der Waals surface area contributed by atoms with E-state index in [-0.39, 0.29) is 6.04 Å². The van der Waals surface area contributed by atoms with Gasteiger partial charge in [-0.2, -0.15) is 0 Å². The first kappa shape index (κ1) is 15.0. The fourth-order valence-corrected chi connectivity index (χ4v) is 2.59. The minimum atomic E-state index is -0.0262. The molecule has 0 fully saturated rings. The van der Waals surface area contributed by atoms with Gasteiger partial charge in [0, 0.05) is 11.4 Å². The Morgan fingerprint density at radius 3 is 2.61 bits per heavy atom. The molecular formula is C21H17NO. The first-order valence-corrected chi connectivity index (χ1v) is 7.51. The zero-order valence-electron chi connectivity index (χ0n) is 12.8. The third-order valence-corrected chi connectivity index (χ3v) is 3.58. The number of terminal acetylenes is 1. The maximum Gasteiger partial charge on any atom is 0.114 e. The number of para-hydroxylation sites is 2. The van der Waals surface area contributed by atoms with Crippen molar-refractivity contribution in [3.8, 4) is 24.2 Å². The van der Waals surface area contributed by atoms with Gasteiger partial charge in [-0.3, -0.25) is 0 Å². The third kappa shape index (κ3) is 3.46. The summed E-state index contributed by atoms with van der Waals surface area (Å²) in [6.45, 7) is 0.638. The summed E-state index contributed by atoms with van der Waals surface area (Å²) in [6.07, 6.45) is 9.40. The highest BCUT2D eigenvalue weighted by molar-refractivity contribution is 5.79. The molecule has 3 rings (SSSR count). The van der Waals surface area contributed by atoms with Crippen LogP contribution in [-0.4, -0.2) is 19.3 Å². The van der Waals surface area contributed by atoms with Crippen molar-refractivity contribution in [2.24, 2.45) is 0 Å². The van der Waals surface area contributed by atoms with Gasteiger partial charge in [0.15, 0.2) is 0 Å². The summed E-state index contributed by atoms with van der Waals surface area (Å²) >= 11 is 0. The molecule has 0 aliphatic carbocycles. The van der Waals surface area contributed by atoms with E-state index < -0.39 is 0 Å². The lowest BCUT2D eigenvalue weighted by molar-refractivity contribution is 0.204. The Labute approximate surface area is 137 Å². The van der Waals surface area contributed by atoms with Gasteiger partial charge in [-0.25, -0.2) is 0 Å². The minimum Gasteiger partial charge on any atom is -0.356 e. The number of hydrogen-bond donors (Lipinski definition) is 0. The van der Waals surface area contributed by atoms with Crippen molar-refractivity contribution in [2.75, 3.05) is 18.1 Å². The Balaban J connectivity index is 1.91. The molecule has 2 nitrogen and oxygen atoms in total. The average molecular weight is 299 g/mol. The van der Waals surface area contributed by atoms with Gasteiger partial charge in [0.25, 0.3) is 0 Å². The van der Waals surface area contributed by atoms with Crippen molar-refractivity contribution in [2.45, 2.75) is 6.04 Å². The summed E-state index contributed by atoms with van der Waals surface area (Å²) in [5.74, 6) is 8.76. The molecular weight excluding hydrogens is 282 g/mol. The van der Waals surface area contributed by atoms with E-state index >= 15 is 0 Å². The van der Waals surface area contributed by atoms with Gasteiger partial charge in [0.2, 0.25) is 0 Å². The first-order valence-electron chi connectivity index (χ1n) is 7.51. The first-order chi connectivity index (χ1) is 11.4. The van der Waals surface area contributed by atoms with Crippen molar-refractivity contribution >= 4 is 17.5 Å². The van der Waals surface area contributed by atoms with Crippen molar-refractivity contribution < 1.29 is 4.74 Å². The van der Waals surface area contributed by atoms with Gasteiger partial charge in [-0.15, -0.1) is 6.42 Å². The van der Waals surface area contributed by atoms with E-state index in [0.29, 0.717) is 13.2 Å². The second-order valence-corrected chi connectivity index (χ2v) is 5.09. The number of hydrogen-bond acceptors (Lipinski definition) is 2. The Hall–Kier alpha value is -2.94. The van der Waals surface area contributed by atoms with Crippen molar-refractivity contribution in [1.82, 2.24) is 0 Å². The van der Waals surface area contributed by atoms with Gasteiger partial charge in [-0.05, 0) is 29.8 Å². The van der Waals surface area contributed by atoms with E-state index in [2.05, 4.69) is 65.1 Å². The molecule has 1 atom stereocenters. The van der Waals surface area contributed by atoms with E-state index in [1.54, 1.807) is 0 Å². The summed E-state index contributed by atoms with van der Waals surface area (Å²) in [6, 6.07) is 18.6. The van der Waals surface area contributed by atoms with Crippen molar-refractivity contribution in [3.63, 3.8) is 0 Å². The summed E-state index contributed by atoms with van der Waals surface area (Å²) < 4.78 is 5.23. The largest absolute Gasteiger partial charge is 0.356 e. The molecule has 0 aromatic heterocycles. The van der Waals surface area contributed by atoms with Crippen LogP contribution in [0.2, 0.25) is 0 Å². The predicted octanol–water partition coefficient (Wildman–Crippen LogP) is 3.87. The lowest BCUT2D eigenvalue weighted by atomic mass is 10.0. The molecule has 0 N–H and O–H groups in total. The van der Waals surface area contributed by atoms with Crippen LogP contribution in [0.15, 0.2) is 60.7 Å². The SMILES string of the molecule is C#CCOCC#CC1C=Cc2ccccc2N1c1ccccc1. The minimum absolute atomic E-state index is 0.0262. The zero-order chi connectivity index (χ0) is 15.9. The van der Waals surface area contributed by atoms with Gasteiger partial charge < -0.3 is 9.64 Å². The summed E-state index contributed by atoms with van der Waals surface area (Å²) in [7, 11) is 0. The molecule has 112 valence electrons. The normalized spacial score (nSPS) is 15.3. The highest BCUT2D eigenvalue weighted by Gasteiger charge is 2.21. The molecule has 0 bridgehead atoms. The molecule has 1 heterocycles. The Morgan fingerprint density at radius 2 is 1.78 bits per heavy atom. The smallest absolute Gasteiger partial charge is 0.114 e. The fraction of sp³-hybridized carbons (Fsp3) is 0.143. The number of benzene rings is 2. The number of ether oxygens (including phenoxy) is 1. The molecule has 1 aliphatic heterocycles. The lowest BCUT2D eigenvalue weighted by Gasteiger charge is -2.33. The molecule has 2 aromatic rings. The van der Waals surface area contributed by atoms with Crippen LogP contribution in [0.4, 0.5) is 11.4 Å². The lowest BCUT2D eigenvalue weighted by Crippen LogP contribution is -2.30. The number of rotatable bonds is 3.